The third-order valence-corrected chi connectivity index (χ3v) is 4.18. The van der Waals surface area contributed by atoms with Crippen molar-refractivity contribution >= 4 is 22.5 Å². The fourth-order valence-corrected chi connectivity index (χ4v) is 3.14. The van der Waals surface area contributed by atoms with Crippen molar-refractivity contribution in [3.8, 4) is 0 Å². The Morgan fingerprint density at radius 2 is 2.32 bits per heavy atom. The summed E-state index contributed by atoms with van der Waals surface area (Å²) in [6, 6.07) is 4.74. The van der Waals surface area contributed by atoms with Gasteiger partial charge in [0, 0.05) is 17.6 Å². The molecule has 2 heterocycles. The van der Waals surface area contributed by atoms with Gasteiger partial charge in [-0.3, -0.25) is 4.79 Å². The smallest absolute Gasteiger partial charge is 0.251 e. The summed E-state index contributed by atoms with van der Waals surface area (Å²) in [6.07, 6.45) is 4.07. The zero-order valence-corrected chi connectivity index (χ0v) is 11.4. The van der Waals surface area contributed by atoms with E-state index in [2.05, 4.69) is 4.98 Å². The van der Waals surface area contributed by atoms with Crippen LogP contribution in [0.3, 0.4) is 0 Å². The van der Waals surface area contributed by atoms with Crippen LogP contribution in [0.25, 0.3) is 10.9 Å². The molecule has 5 heteroatoms. The maximum atomic E-state index is 12.2. The summed E-state index contributed by atoms with van der Waals surface area (Å²) in [5.74, 6) is 0. The van der Waals surface area contributed by atoms with E-state index in [-0.39, 0.29) is 11.6 Å². The lowest BCUT2D eigenvalue weighted by atomic mass is 9.99. The molecule has 0 bridgehead atoms. The van der Waals surface area contributed by atoms with Crippen molar-refractivity contribution in [2.24, 2.45) is 0 Å². The van der Waals surface area contributed by atoms with Crippen LogP contribution in [0.2, 0.25) is 5.15 Å². The number of nitrogens with zero attached hydrogens (tertiary/aromatic N) is 2. The molecule has 2 aromatic rings. The second kappa shape index (κ2) is 4.32. The maximum Gasteiger partial charge on any atom is 0.251 e. The zero-order valence-electron chi connectivity index (χ0n) is 10.6. The zero-order chi connectivity index (χ0) is 13.6. The topological polar surface area (TPSA) is 55.1 Å². The Kier molecular flexibility index (Phi) is 2.87. The van der Waals surface area contributed by atoms with E-state index >= 15 is 0 Å². The average molecular weight is 279 g/mol. The van der Waals surface area contributed by atoms with E-state index in [9.17, 15) is 9.90 Å². The molecule has 0 aliphatic heterocycles. The van der Waals surface area contributed by atoms with Gasteiger partial charge < -0.3 is 9.67 Å². The van der Waals surface area contributed by atoms with Gasteiger partial charge in [0.25, 0.3) is 5.56 Å². The summed E-state index contributed by atoms with van der Waals surface area (Å²) in [6.45, 7) is 1.79. The van der Waals surface area contributed by atoms with Crippen LogP contribution in [0.5, 0.6) is 0 Å². The van der Waals surface area contributed by atoms with Gasteiger partial charge >= 0.3 is 0 Å². The number of fused-ring (bicyclic) bond motifs is 1. The monoisotopic (exact) mass is 278 g/mol. The molecule has 1 saturated carbocycles. The standard InChI is InChI=1S/C14H15ClN2O2/c1-14(19)6-2-3-11(14)17-10-7-12(15)16-8-9(10)4-5-13(17)18/h4-5,7-8,11,19H,2-3,6H2,1H3/t11-,14-/m1/s1. The van der Waals surface area contributed by atoms with Crippen molar-refractivity contribution in [1.82, 2.24) is 9.55 Å². The van der Waals surface area contributed by atoms with E-state index < -0.39 is 5.60 Å². The van der Waals surface area contributed by atoms with Gasteiger partial charge in [-0.25, -0.2) is 4.98 Å². The predicted octanol–water partition coefficient (Wildman–Crippen LogP) is 2.53. The molecule has 0 aromatic carbocycles. The highest BCUT2D eigenvalue weighted by Crippen LogP contribution is 2.39. The van der Waals surface area contributed by atoms with Crippen LogP contribution < -0.4 is 5.56 Å². The first-order valence-corrected chi connectivity index (χ1v) is 6.76. The lowest BCUT2D eigenvalue weighted by molar-refractivity contribution is 0.0269. The Bertz CT molecular complexity index is 693. The van der Waals surface area contributed by atoms with Crippen LogP contribution in [0, 0.1) is 0 Å². The first kappa shape index (κ1) is 12.6. The van der Waals surface area contributed by atoms with Gasteiger partial charge in [0.1, 0.15) is 5.15 Å². The summed E-state index contributed by atoms with van der Waals surface area (Å²) in [7, 11) is 0. The summed E-state index contributed by atoms with van der Waals surface area (Å²) >= 11 is 5.93. The first-order chi connectivity index (χ1) is 8.99. The fraction of sp³-hybridized carbons (Fsp3) is 0.429. The van der Waals surface area contributed by atoms with Crippen molar-refractivity contribution in [3.05, 3.63) is 39.9 Å². The highest BCUT2D eigenvalue weighted by molar-refractivity contribution is 6.29. The fourth-order valence-electron chi connectivity index (χ4n) is 2.99. The Hall–Kier alpha value is -1.39. The van der Waals surface area contributed by atoms with Gasteiger partial charge in [-0.15, -0.1) is 0 Å². The summed E-state index contributed by atoms with van der Waals surface area (Å²) < 4.78 is 1.66. The number of rotatable bonds is 1. The Labute approximate surface area is 115 Å². The number of pyridine rings is 2. The molecule has 0 saturated heterocycles. The van der Waals surface area contributed by atoms with Crippen molar-refractivity contribution in [2.75, 3.05) is 0 Å². The van der Waals surface area contributed by atoms with Gasteiger partial charge in [0.05, 0.1) is 17.2 Å². The first-order valence-electron chi connectivity index (χ1n) is 6.38. The molecular formula is C14H15ClN2O2. The SMILES string of the molecule is C[C@@]1(O)CCC[C@H]1n1c(=O)ccc2cnc(Cl)cc21. The number of hydrogen-bond donors (Lipinski definition) is 1. The van der Waals surface area contributed by atoms with Crippen molar-refractivity contribution < 1.29 is 5.11 Å². The molecule has 0 unspecified atom stereocenters. The van der Waals surface area contributed by atoms with Gasteiger partial charge in [0.15, 0.2) is 0 Å². The van der Waals surface area contributed by atoms with Gasteiger partial charge in [-0.1, -0.05) is 11.6 Å². The Morgan fingerprint density at radius 1 is 1.53 bits per heavy atom. The Morgan fingerprint density at radius 3 is 3.00 bits per heavy atom. The quantitative estimate of drug-likeness (QED) is 0.816. The van der Waals surface area contributed by atoms with E-state index in [0.717, 1.165) is 23.7 Å². The van der Waals surface area contributed by atoms with Crippen LogP contribution in [0.1, 0.15) is 32.2 Å². The van der Waals surface area contributed by atoms with Crippen LogP contribution >= 0.6 is 11.6 Å². The molecule has 4 nitrogen and oxygen atoms in total. The van der Waals surface area contributed by atoms with E-state index in [0.29, 0.717) is 11.6 Å². The highest BCUT2D eigenvalue weighted by Gasteiger charge is 2.39. The number of hydrogen-bond acceptors (Lipinski definition) is 3. The molecule has 1 fully saturated rings. The predicted molar refractivity (Wildman–Crippen MR) is 74.5 cm³/mol. The van der Waals surface area contributed by atoms with Crippen LogP contribution in [-0.4, -0.2) is 20.3 Å². The van der Waals surface area contributed by atoms with E-state index in [1.54, 1.807) is 29.8 Å². The molecule has 0 spiro atoms. The van der Waals surface area contributed by atoms with E-state index in [1.165, 1.54) is 6.07 Å². The van der Waals surface area contributed by atoms with Crippen LogP contribution in [0.4, 0.5) is 0 Å². The molecule has 0 radical (unpaired) electrons. The summed E-state index contributed by atoms with van der Waals surface area (Å²) in [5, 5.41) is 11.7. The van der Waals surface area contributed by atoms with Crippen molar-refractivity contribution in [2.45, 2.75) is 37.8 Å². The number of aromatic nitrogens is 2. The minimum atomic E-state index is -0.853. The third kappa shape index (κ3) is 2.05. The molecule has 1 N–H and O–H groups in total. The molecule has 0 amide bonds. The minimum Gasteiger partial charge on any atom is -0.388 e. The maximum absolute atomic E-state index is 12.2. The largest absolute Gasteiger partial charge is 0.388 e. The van der Waals surface area contributed by atoms with Gasteiger partial charge in [-0.05, 0) is 38.3 Å². The highest BCUT2D eigenvalue weighted by atomic mass is 35.5. The molecule has 100 valence electrons. The van der Waals surface area contributed by atoms with Gasteiger partial charge in [0.2, 0.25) is 0 Å². The molecule has 19 heavy (non-hydrogen) atoms. The average Bonchev–Trinajstić information content (AvgIpc) is 2.69. The van der Waals surface area contributed by atoms with Crippen molar-refractivity contribution in [1.29, 1.82) is 0 Å². The molecular weight excluding hydrogens is 264 g/mol. The molecule has 1 aliphatic rings. The molecule has 2 atom stereocenters. The lowest BCUT2D eigenvalue weighted by Crippen LogP contribution is -2.36. The lowest BCUT2D eigenvalue weighted by Gasteiger charge is -2.28. The molecule has 3 rings (SSSR count). The second-order valence-corrected chi connectivity index (χ2v) is 5.76. The van der Waals surface area contributed by atoms with Gasteiger partial charge in [-0.2, -0.15) is 0 Å². The normalized spacial score (nSPS) is 27.0. The number of aliphatic hydroxyl groups is 1. The van der Waals surface area contributed by atoms with E-state index in [1.807, 2.05) is 0 Å². The molecule has 2 aromatic heterocycles. The minimum absolute atomic E-state index is 0.109. The third-order valence-electron chi connectivity index (χ3n) is 3.97. The summed E-state index contributed by atoms with van der Waals surface area (Å²) in [4.78, 5) is 16.2. The van der Waals surface area contributed by atoms with Crippen LogP contribution in [-0.2, 0) is 0 Å². The van der Waals surface area contributed by atoms with E-state index in [4.69, 9.17) is 11.6 Å². The Balaban J connectivity index is 2.30. The second-order valence-electron chi connectivity index (χ2n) is 5.37. The molecule has 1 aliphatic carbocycles. The number of halogens is 1. The van der Waals surface area contributed by atoms with Crippen molar-refractivity contribution in [3.63, 3.8) is 0 Å². The van der Waals surface area contributed by atoms with Crippen LogP contribution in [0.15, 0.2) is 29.2 Å². The summed E-state index contributed by atoms with van der Waals surface area (Å²) in [5.41, 5.74) is -0.227.